The maximum atomic E-state index is 11.9. The number of carboxylic acids is 1. The summed E-state index contributed by atoms with van der Waals surface area (Å²) in [4.78, 5) is 22.7. The number of anilines is 1. The Kier molecular flexibility index (Phi) is 4.44. The van der Waals surface area contributed by atoms with E-state index >= 15 is 0 Å². The van der Waals surface area contributed by atoms with E-state index in [0.29, 0.717) is 17.1 Å². The van der Waals surface area contributed by atoms with E-state index in [4.69, 9.17) is 5.11 Å². The number of hydrogen-bond donors (Lipinski definition) is 4. The molecule has 1 unspecified atom stereocenters. The molecule has 0 aliphatic rings. The Morgan fingerprint density at radius 2 is 2.14 bits per heavy atom. The smallest absolute Gasteiger partial charge is 0.319 e. The number of nitrogens with one attached hydrogen (secondary N) is 3. The van der Waals surface area contributed by atoms with E-state index in [1.807, 2.05) is 0 Å². The van der Waals surface area contributed by atoms with Gasteiger partial charge in [-0.3, -0.25) is 4.79 Å². The first-order valence-electron chi connectivity index (χ1n) is 6.17. The third-order valence-electron chi connectivity index (χ3n) is 2.70. The third-order valence-corrected chi connectivity index (χ3v) is 2.70. The maximum absolute atomic E-state index is 11.9. The van der Waals surface area contributed by atoms with Gasteiger partial charge in [-0.2, -0.15) is 5.21 Å². The molecule has 0 saturated heterocycles. The van der Waals surface area contributed by atoms with Crippen LogP contribution in [0.3, 0.4) is 0 Å². The number of amides is 2. The van der Waals surface area contributed by atoms with Gasteiger partial charge in [0.25, 0.3) is 0 Å². The van der Waals surface area contributed by atoms with Crippen molar-refractivity contribution in [1.82, 2.24) is 25.9 Å². The molecule has 9 heteroatoms. The average Bonchev–Trinajstić information content (AvgIpc) is 2.94. The van der Waals surface area contributed by atoms with Crippen LogP contribution in [0.4, 0.5) is 10.5 Å². The lowest BCUT2D eigenvalue weighted by atomic mass is 10.1. The van der Waals surface area contributed by atoms with Crippen LogP contribution in [0.1, 0.15) is 24.4 Å². The number of aromatic amines is 1. The summed E-state index contributed by atoms with van der Waals surface area (Å²) in [5, 5.41) is 27.3. The van der Waals surface area contributed by atoms with Crippen molar-refractivity contribution in [2.75, 3.05) is 5.32 Å². The highest BCUT2D eigenvalue weighted by Gasteiger charge is 2.14. The van der Waals surface area contributed by atoms with E-state index in [1.54, 1.807) is 31.2 Å². The SMILES string of the molecule is CC(NC(=O)Nc1ccccc1CC(=O)O)c1nn[nH]n1. The second kappa shape index (κ2) is 6.46. The Morgan fingerprint density at radius 1 is 1.38 bits per heavy atom. The van der Waals surface area contributed by atoms with Crippen LogP contribution in [-0.2, 0) is 11.2 Å². The minimum atomic E-state index is -0.968. The number of aliphatic carboxylic acids is 1. The number of rotatable bonds is 5. The average molecular weight is 290 g/mol. The van der Waals surface area contributed by atoms with Crippen LogP contribution in [-0.4, -0.2) is 37.7 Å². The number of tetrazole rings is 1. The number of nitrogens with zero attached hydrogens (tertiary/aromatic N) is 3. The normalized spacial score (nSPS) is 11.7. The molecule has 1 atom stereocenters. The van der Waals surface area contributed by atoms with Gasteiger partial charge in [-0.1, -0.05) is 23.4 Å². The van der Waals surface area contributed by atoms with Crippen LogP contribution < -0.4 is 10.6 Å². The highest BCUT2D eigenvalue weighted by atomic mass is 16.4. The van der Waals surface area contributed by atoms with Gasteiger partial charge >= 0.3 is 12.0 Å². The van der Waals surface area contributed by atoms with E-state index in [-0.39, 0.29) is 6.42 Å². The fourth-order valence-electron chi connectivity index (χ4n) is 1.73. The van der Waals surface area contributed by atoms with Gasteiger partial charge in [0.15, 0.2) is 5.82 Å². The number of urea groups is 1. The van der Waals surface area contributed by atoms with E-state index in [9.17, 15) is 9.59 Å². The molecular weight excluding hydrogens is 276 g/mol. The molecule has 2 aromatic rings. The number of carbonyl (C=O) groups is 2. The molecule has 1 aromatic carbocycles. The first-order valence-corrected chi connectivity index (χ1v) is 6.17. The number of carboxylic acid groups (broad SMARTS) is 1. The largest absolute Gasteiger partial charge is 0.481 e. The molecule has 4 N–H and O–H groups in total. The summed E-state index contributed by atoms with van der Waals surface area (Å²) in [7, 11) is 0. The van der Waals surface area contributed by atoms with Crippen LogP contribution in [0.2, 0.25) is 0 Å². The number of hydrogen-bond acceptors (Lipinski definition) is 5. The lowest BCUT2D eigenvalue weighted by molar-refractivity contribution is -0.136. The quantitative estimate of drug-likeness (QED) is 0.641. The molecule has 1 heterocycles. The predicted molar refractivity (Wildman–Crippen MR) is 72.5 cm³/mol. The summed E-state index contributed by atoms with van der Waals surface area (Å²) in [6.07, 6.45) is -0.170. The molecule has 0 aliphatic carbocycles. The molecule has 0 fully saturated rings. The fraction of sp³-hybridized carbons (Fsp3) is 0.250. The molecule has 110 valence electrons. The minimum Gasteiger partial charge on any atom is -0.481 e. The van der Waals surface area contributed by atoms with E-state index < -0.39 is 18.0 Å². The standard InChI is InChI=1S/C12H14N6O3/c1-7(11-15-17-18-16-11)13-12(21)14-9-5-3-2-4-8(9)6-10(19)20/h2-5,7H,6H2,1H3,(H,19,20)(H2,13,14,21)(H,15,16,17,18). The molecule has 21 heavy (non-hydrogen) atoms. The molecule has 0 saturated carbocycles. The van der Waals surface area contributed by atoms with E-state index in [0.717, 1.165) is 0 Å². The number of para-hydroxylation sites is 1. The topological polar surface area (TPSA) is 133 Å². The fourth-order valence-corrected chi connectivity index (χ4v) is 1.73. The van der Waals surface area contributed by atoms with Crippen molar-refractivity contribution in [2.45, 2.75) is 19.4 Å². The third kappa shape index (κ3) is 4.00. The van der Waals surface area contributed by atoms with Gasteiger partial charge in [0, 0.05) is 5.69 Å². The number of H-pyrrole nitrogens is 1. The Balaban J connectivity index is 2.01. The number of benzene rings is 1. The zero-order chi connectivity index (χ0) is 15.2. The minimum absolute atomic E-state index is 0.170. The van der Waals surface area contributed by atoms with Crippen molar-refractivity contribution in [1.29, 1.82) is 0 Å². The summed E-state index contributed by atoms with van der Waals surface area (Å²) in [6, 6.07) is 5.79. The molecule has 2 rings (SSSR count). The van der Waals surface area contributed by atoms with Crippen LogP contribution in [0.25, 0.3) is 0 Å². The Labute approximate surface area is 119 Å². The highest BCUT2D eigenvalue weighted by molar-refractivity contribution is 5.91. The molecule has 0 radical (unpaired) electrons. The predicted octanol–water partition coefficient (Wildman–Crippen LogP) is 0.709. The van der Waals surface area contributed by atoms with Crippen molar-refractivity contribution in [3.05, 3.63) is 35.7 Å². The molecule has 9 nitrogen and oxygen atoms in total. The molecule has 1 aromatic heterocycles. The molecule has 0 bridgehead atoms. The number of carbonyl (C=O) groups excluding carboxylic acids is 1. The second-order valence-corrected chi connectivity index (χ2v) is 4.32. The first-order chi connectivity index (χ1) is 10.1. The van der Waals surface area contributed by atoms with E-state index in [2.05, 4.69) is 31.3 Å². The van der Waals surface area contributed by atoms with Crippen molar-refractivity contribution in [3.63, 3.8) is 0 Å². The zero-order valence-electron chi connectivity index (χ0n) is 11.2. The summed E-state index contributed by atoms with van der Waals surface area (Å²) >= 11 is 0. The van der Waals surface area contributed by atoms with Crippen molar-refractivity contribution in [3.8, 4) is 0 Å². The molecule has 0 spiro atoms. The zero-order valence-corrected chi connectivity index (χ0v) is 11.2. The molecule has 0 aliphatic heterocycles. The van der Waals surface area contributed by atoms with Crippen LogP contribution >= 0.6 is 0 Å². The van der Waals surface area contributed by atoms with Crippen molar-refractivity contribution < 1.29 is 14.7 Å². The summed E-state index contributed by atoms with van der Waals surface area (Å²) in [5.41, 5.74) is 0.963. The molecular formula is C12H14N6O3. The van der Waals surface area contributed by atoms with E-state index in [1.165, 1.54) is 0 Å². The Morgan fingerprint density at radius 3 is 2.81 bits per heavy atom. The summed E-state index contributed by atoms with van der Waals surface area (Å²) < 4.78 is 0. The first kappa shape index (κ1) is 14.4. The van der Waals surface area contributed by atoms with Crippen molar-refractivity contribution >= 4 is 17.7 Å². The van der Waals surface area contributed by atoms with Crippen LogP contribution in [0.15, 0.2) is 24.3 Å². The lowest BCUT2D eigenvalue weighted by Gasteiger charge is -2.13. The Hall–Kier alpha value is -2.97. The second-order valence-electron chi connectivity index (χ2n) is 4.32. The van der Waals surface area contributed by atoms with Crippen molar-refractivity contribution in [2.24, 2.45) is 0 Å². The van der Waals surface area contributed by atoms with Gasteiger partial charge in [-0.05, 0) is 18.6 Å². The highest BCUT2D eigenvalue weighted by Crippen LogP contribution is 2.16. The lowest BCUT2D eigenvalue weighted by Crippen LogP contribution is -2.32. The molecule has 2 amide bonds. The van der Waals surface area contributed by atoms with Crippen LogP contribution in [0.5, 0.6) is 0 Å². The van der Waals surface area contributed by atoms with Gasteiger partial charge in [-0.15, -0.1) is 10.2 Å². The van der Waals surface area contributed by atoms with Gasteiger partial charge in [0.1, 0.15) is 0 Å². The van der Waals surface area contributed by atoms with Gasteiger partial charge in [0.05, 0.1) is 12.5 Å². The Bertz CT molecular complexity index is 628. The summed E-state index contributed by atoms with van der Waals surface area (Å²) in [5.74, 6) is -0.617. The monoisotopic (exact) mass is 290 g/mol. The van der Waals surface area contributed by atoms with Gasteiger partial charge in [-0.25, -0.2) is 4.79 Å². The van der Waals surface area contributed by atoms with Gasteiger partial charge < -0.3 is 15.7 Å². The maximum Gasteiger partial charge on any atom is 0.319 e. The van der Waals surface area contributed by atoms with Gasteiger partial charge in [0.2, 0.25) is 0 Å². The number of aromatic nitrogens is 4. The van der Waals surface area contributed by atoms with Crippen LogP contribution in [0, 0.1) is 0 Å². The summed E-state index contributed by atoms with van der Waals surface area (Å²) in [6.45, 7) is 1.70.